The van der Waals surface area contributed by atoms with Crippen LogP contribution in [0.3, 0.4) is 0 Å². The van der Waals surface area contributed by atoms with Crippen molar-refractivity contribution in [1.82, 2.24) is 0 Å². The zero-order chi connectivity index (χ0) is 17.6. The third-order valence-electron chi connectivity index (χ3n) is 3.89. The van der Waals surface area contributed by atoms with E-state index in [2.05, 4.69) is 0 Å². The van der Waals surface area contributed by atoms with E-state index in [9.17, 15) is 4.79 Å². The predicted octanol–water partition coefficient (Wildman–Crippen LogP) is 4.33. The topological polar surface area (TPSA) is 57.9 Å². The molecule has 0 bridgehead atoms. The van der Waals surface area contributed by atoms with Crippen molar-refractivity contribution in [3.05, 3.63) is 65.4 Å². The molecule has 0 amide bonds. The molecule has 1 heterocycles. The van der Waals surface area contributed by atoms with Crippen molar-refractivity contribution in [3.63, 3.8) is 0 Å². The zero-order valence-corrected chi connectivity index (χ0v) is 14.3. The number of hydrogen-bond acceptors (Lipinski definition) is 5. The smallest absolute Gasteiger partial charge is 0.374 e. The zero-order valence-electron chi connectivity index (χ0n) is 14.3. The highest BCUT2D eigenvalue weighted by Gasteiger charge is 2.22. The molecule has 0 saturated carbocycles. The van der Waals surface area contributed by atoms with Crippen molar-refractivity contribution in [2.24, 2.45) is 0 Å². The van der Waals surface area contributed by atoms with Gasteiger partial charge in [-0.15, -0.1) is 0 Å². The number of furan rings is 1. The minimum absolute atomic E-state index is 0.105. The number of rotatable bonds is 7. The molecule has 0 saturated heterocycles. The highest BCUT2D eigenvalue weighted by molar-refractivity contribution is 5.96. The average Bonchev–Trinajstić information content (AvgIpc) is 3.03. The van der Waals surface area contributed by atoms with E-state index in [-0.39, 0.29) is 12.4 Å². The normalized spacial score (nSPS) is 10.8. The Balaban J connectivity index is 1.84. The van der Waals surface area contributed by atoms with Crippen molar-refractivity contribution in [1.29, 1.82) is 0 Å². The second-order valence-electron chi connectivity index (χ2n) is 5.43. The molecular weight excluding hydrogens is 320 g/mol. The molecule has 3 aromatic rings. The molecular formula is C20H20O5. The second-order valence-corrected chi connectivity index (χ2v) is 5.43. The minimum Gasteiger partial charge on any atom is -0.496 e. The molecule has 0 N–H and O–H groups in total. The van der Waals surface area contributed by atoms with Gasteiger partial charge in [0.2, 0.25) is 5.76 Å². The number of benzene rings is 2. The van der Waals surface area contributed by atoms with Gasteiger partial charge in [-0.3, -0.25) is 0 Å². The van der Waals surface area contributed by atoms with Crippen LogP contribution in [0.25, 0.3) is 11.0 Å². The fourth-order valence-electron chi connectivity index (χ4n) is 2.64. The summed E-state index contributed by atoms with van der Waals surface area (Å²) in [4.78, 5) is 12.6. The number of hydrogen-bond donors (Lipinski definition) is 0. The van der Waals surface area contributed by atoms with Gasteiger partial charge in [0, 0.05) is 23.1 Å². The molecule has 0 spiro atoms. The molecule has 25 heavy (non-hydrogen) atoms. The predicted molar refractivity (Wildman–Crippen MR) is 93.7 cm³/mol. The summed E-state index contributed by atoms with van der Waals surface area (Å²) in [6, 6.07) is 14.9. The van der Waals surface area contributed by atoms with E-state index in [0.29, 0.717) is 30.1 Å². The Morgan fingerprint density at radius 3 is 2.60 bits per heavy atom. The van der Waals surface area contributed by atoms with Gasteiger partial charge in [-0.2, -0.15) is 0 Å². The molecule has 0 radical (unpaired) electrons. The standard InChI is InChI=1S/C20H20O5/c1-3-23-13-16-15-9-5-7-11-18(15)25-19(16)20(21)24-12-14-8-4-6-10-17(14)22-2/h4-11H,3,12-13H2,1-2H3. The molecule has 130 valence electrons. The van der Waals surface area contributed by atoms with Gasteiger partial charge in [-0.25, -0.2) is 4.79 Å². The van der Waals surface area contributed by atoms with E-state index in [0.717, 1.165) is 10.9 Å². The molecule has 1 aromatic heterocycles. The van der Waals surface area contributed by atoms with Gasteiger partial charge in [0.15, 0.2) is 0 Å². The summed E-state index contributed by atoms with van der Waals surface area (Å²) in [6.45, 7) is 2.86. The van der Waals surface area contributed by atoms with E-state index in [1.165, 1.54) is 0 Å². The van der Waals surface area contributed by atoms with Crippen LogP contribution in [0.4, 0.5) is 0 Å². The van der Waals surface area contributed by atoms with E-state index in [1.54, 1.807) is 7.11 Å². The summed E-state index contributed by atoms with van der Waals surface area (Å²) in [5, 5.41) is 0.861. The lowest BCUT2D eigenvalue weighted by atomic mass is 10.1. The van der Waals surface area contributed by atoms with E-state index in [4.69, 9.17) is 18.6 Å². The van der Waals surface area contributed by atoms with E-state index in [1.807, 2.05) is 55.5 Å². The average molecular weight is 340 g/mol. The Bertz CT molecular complexity index is 865. The number of carbonyl (C=O) groups excluding carboxylic acids is 1. The van der Waals surface area contributed by atoms with Gasteiger partial charge in [0.25, 0.3) is 0 Å². The van der Waals surface area contributed by atoms with Gasteiger partial charge >= 0.3 is 5.97 Å². The van der Waals surface area contributed by atoms with Crippen LogP contribution in [0.1, 0.15) is 28.6 Å². The minimum atomic E-state index is -0.517. The number of para-hydroxylation sites is 2. The first-order chi connectivity index (χ1) is 12.2. The molecule has 0 fully saturated rings. The number of esters is 1. The maximum absolute atomic E-state index is 12.6. The summed E-state index contributed by atoms with van der Waals surface area (Å²) in [5.74, 6) is 0.343. The number of methoxy groups -OCH3 is 1. The first-order valence-electron chi connectivity index (χ1n) is 8.11. The van der Waals surface area contributed by atoms with Crippen LogP contribution in [-0.4, -0.2) is 19.7 Å². The summed E-state index contributed by atoms with van der Waals surface area (Å²) in [6.07, 6.45) is 0. The number of ether oxygens (including phenoxy) is 3. The van der Waals surface area contributed by atoms with E-state index >= 15 is 0 Å². The molecule has 0 unspecified atom stereocenters. The fourth-order valence-corrected chi connectivity index (χ4v) is 2.64. The van der Waals surface area contributed by atoms with Gasteiger partial charge < -0.3 is 18.6 Å². The molecule has 0 atom stereocenters. The Hall–Kier alpha value is -2.79. The quantitative estimate of drug-likeness (QED) is 0.599. The maximum atomic E-state index is 12.6. The third-order valence-corrected chi connectivity index (χ3v) is 3.89. The first kappa shape index (κ1) is 17.0. The highest BCUT2D eigenvalue weighted by atomic mass is 16.5. The van der Waals surface area contributed by atoms with Gasteiger partial charge in [0.05, 0.1) is 13.7 Å². The van der Waals surface area contributed by atoms with Gasteiger partial charge in [0.1, 0.15) is 17.9 Å². The van der Waals surface area contributed by atoms with Crippen molar-refractivity contribution in [3.8, 4) is 5.75 Å². The molecule has 3 rings (SSSR count). The van der Waals surface area contributed by atoms with Crippen LogP contribution in [0.2, 0.25) is 0 Å². The summed E-state index contributed by atoms with van der Waals surface area (Å²) < 4.78 is 21.9. The third kappa shape index (κ3) is 3.67. The van der Waals surface area contributed by atoms with Crippen LogP contribution in [-0.2, 0) is 22.7 Å². The lowest BCUT2D eigenvalue weighted by Crippen LogP contribution is -2.08. The first-order valence-corrected chi connectivity index (χ1v) is 8.11. The van der Waals surface area contributed by atoms with Crippen LogP contribution in [0.15, 0.2) is 52.9 Å². The van der Waals surface area contributed by atoms with E-state index < -0.39 is 5.97 Å². The van der Waals surface area contributed by atoms with Crippen molar-refractivity contribution < 1.29 is 23.4 Å². The lowest BCUT2D eigenvalue weighted by molar-refractivity contribution is 0.0427. The van der Waals surface area contributed by atoms with Crippen LogP contribution in [0, 0.1) is 0 Å². The molecule has 0 aliphatic carbocycles. The molecule has 0 aliphatic heterocycles. The molecule has 5 heteroatoms. The maximum Gasteiger partial charge on any atom is 0.374 e. The molecule has 5 nitrogen and oxygen atoms in total. The van der Waals surface area contributed by atoms with Crippen LogP contribution < -0.4 is 4.74 Å². The Labute approximate surface area is 146 Å². The summed E-state index contributed by atoms with van der Waals surface area (Å²) >= 11 is 0. The second kappa shape index (κ2) is 7.85. The van der Waals surface area contributed by atoms with Crippen LogP contribution in [0.5, 0.6) is 5.75 Å². The van der Waals surface area contributed by atoms with Crippen molar-refractivity contribution in [2.45, 2.75) is 20.1 Å². The number of fused-ring (bicyclic) bond motifs is 1. The summed E-state index contributed by atoms with van der Waals surface area (Å²) in [7, 11) is 1.58. The van der Waals surface area contributed by atoms with Gasteiger partial charge in [-0.05, 0) is 19.1 Å². The lowest BCUT2D eigenvalue weighted by Gasteiger charge is -2.09. The van der Waals surface area contributed by atoms with Crippen molar-refractivity contribution in [2.75, 3.05) is 13.7 Å². The molecule has 2 aromatic carbocycles. The molecule has 0 aliphatic rings. The van der Waals surface area contributed by atoms with Crippen LogP contribution >= 0.6 is 0 Å². The fraction of sp³-hybridized carbons (Fsp3) is 0.250. The SMILES string of the molecule is CCOCc1c(C(=O)OCc2ccccc2OC)oc2ccccc12. The highest BCUT2D eigenvalue weighted by Crippen LogP contribution is 2.28. The largest absolute Gasteiger partial charge is 0.496 e. The Morgan fingerprint density at radius 2 is 1.80 bits per heavy atom. The van der Waals surface area contributed by atoms with Crippen molar-refractivity contribution >= 4 is 16.9 Å². The monoisotopic (exact) mass is 340 g/mol. The number of carbonyl (C=O) groups is 1. The van der Waals surface area contributed by atoms with Gasteiger partial charge in [-0.1, -0.05) is 36.4 Å². The Kier molecular flexibility index (Phi) is 5.36. The summed E-state index contributed by atoms with van der Waals surface area (Å²) in [5.41, 5.74) is 2.14. The Morgan fingerprint density at radius 1 is 1.04 bits per heavy atom.